The summed E-state index contributed by atoms with van der Waals surface area (Å²) in [4.78, 5) is 48.2. The number of hydrogen-bond donors (Lipinski definition) is 1. The summed E-state index contributed by atoms with van der Waals surface area (Å²) in [5.74, 6) is -1.98. The molecular formula is C17H17N3O5. The molecule has 3 rings (SSSR count). The highest BCUT2D eigenvalue weighted by molar-refractivity contribution is 6.09. The minimum Gasteiger partial charge on any atom is -0.324 e. The number of nitro benzene ring substituents is 1. The van der Waals surface area contributed by atoms with Crippen LogP contribution in [0.3, 0.4) is 0 Å². The van der Waals surface area contributed by atoms with E-state index < -0.39 is 10.8 Å². The molecule has 1 saturated heterocycles. The lowest BCUT2D eigenvalue weighted by atomic mass is 9.85. The second-order valence-corrected chi connectivity index (χ2v) is 6.22. The van der Waals surface area contributed by atoms with Crippen LogP contribution in [0, 0.1) is 28.9 Å². The van der Waals surface area contributed by atoms with Crippen molar-refractivity contribution in [3.05, 3.63) is 46.0 Å². The Morgan fingerprint density at radius 1 is 1.24 bits per heavy atom. The highest BCUT2D eigenvalue weighted by Gasteiger charge is 2.47. The summed E-state index contributed by atoms with van der Waals surface area (Å²) in [6, 6.07) is 4.13. The Labute approximate surface area is 143 Å². The van der Waals surface area contributed by atoms with E-state index in [1.807, 2.05) is 12.2 Å². The Hall–Kier alpha value is -3.03. The first-order valence-electron chi connectivity index (χ1n) is 7.93. The van der Waals surface area contributed by atoms with Crippen molar-refractivity contribution >= 4 is 29.1 Å². The van der Waals surface area contributed by atoms with Crippen LogP contribution in [0.5, 0.6) is 0 Å². The number of amides is 3. The molecule has 0 aromatic heterocycles. The fourth-order valence-corrected chi connectivity index (χ4v) is 3.22. The lowest BCUT2D eigenvalue weighted by Crippen LogP contribution is -2.38. The number of non-ortho nitro benzene ring substituents is 1. The molecule has 0 saturated carbocycles. The topological polar surface area (TPSA) is 110 Å². The first kappa shape index (κ1) is 16.8. The normalized spacial score (nSPS) is 22.0. The van der Waals surface area contributed by atoms with Crippen molar-refractivity contribution in [1.29, 1.82) is 0 Å². The van der Waals surface area contributed by atoms with Crippen LogP contribution in [0.4, 0.5) is 11.4 Å². The number of anilines is 1. The summed E-state index contributed by atoms with van der Waals surface area (Å²) < 4.78 is 0. The quantitative estimate of drug-likeness (QED) is 0.388. The van der Waals surface area contributed by atoms with Crippen LogP contribution >= 0.6 is 0 Å². The van der Waals surface area contributed by atoms with Crippen LogP contribution in [0.25, 0.3) is 0 Å². The summed E-state index contributed by atoms with van der Waals surface area (Å²) in [5.41, 5.74) is 0.791. The summed E-state index contributed by atoms with van der Waals surface area (Å²) in [5, 5.41) is 13.4. The van der Waals surface area contributed by atoms with E-state index in [1.165, 1.54) is 18.2 Å². The molecular weight excluding hydrogens is 326 g/mol. The molecule has 0 bridgehead atoms. The SMILES string of the molecule is Cc1ccc([N+](=O)[O-])cc1NC(=O)CN1C(=O)[C@H]2CC=CC[C@@H]2C1=O. The largest absolute Gasteiger partial charge is 0.324 e. The fraction of sp³-hybridized carbons (Fsp3) is 0.353. The van der Waals surface area contributed by atoms with Gasteiger partial charge >= 0.3 is 0 Å². The molecule has 1 aromatic rings. The van der Waals surface area contributed by atoms with Gasteiger partial charge in [0.1, 0.15) is 6.54 Å². The predicted molar refractivity (Wildman–Crippen MR) is 88.5 cm³/mol. The number of imide groups is 1. The number of carbonyl (C=O) groups excluding carboxylic acids is 3. The zero-order chi connectivity index (χ0) is 18.1. The molecule has 0 unspecified atom stereocenters. The van der Waals surface area contributed by atoms with Gasteiger partial charge in [-0.15, -0.1) is 0 Å². The van der Waals surface area contributed by atoms with Gasteiger partial charge in [-0.1, -0.05) is 18.2 Å². The van der Waals surface area contributed by atoms with E-state index in [0.717, 1.165) is 4.90 Å². The number of carbonyl (C=O) groups is 3. The molecule has 3 amide bonds. The van der Waals surface area contributed by atoms with Gasteiger partial charge < -0.3 is 5.32 Å². The van der Waals surface area contributed by atoms with Crippen LogP contribution in [0.2, 0.25) is 0 Å². The average molecular weight is 343 g/mol. The minimum absolute atomic E-state index is 0.147. The van der Waals surface area contributed by atoms with Crippen LogP contribution in [-0.4, -0.2) is 34.1 Å². The Balaban J connectivity index is 1.71. The molecule has 2 atom stereocenters. The fourth-order valence-electron chi connectivity index (χ4n) is 3.22. The molecule has 1 fully saturated rings. The highest BCUT2D eigenvalue weighted by atomic mass is 16.6. The number of likely N-dealkylation sites (tertiary alicyclic amines) is 1. The number of nitrogens with one attached hydrogen (secondary N) is 1. The standard InChI is InChI=1S/C17H17N3O5/c1-10-6-7-11(20(24)25)8-14(10)18-15(21)9-19-16(22)12-4-2-3-5-13(12)17(19)23/h2-3,6-8,12-13H,4-5,9H2,1H3,(H,18,21)/t12-,13-/m0/s1. The lowest BCUT2D eigenvalue weighted by molar-refractivity contribution is -0.384. The van der Waals surface area contributed by atoms with Crippen LogP contribution < -0.4 is 5.32 Å². The first-order valence-corrected chi connectivity index (χ1v) is 7.93. The van der Waals surface area contributed by atoms with Gasteiger partial charge in [0, 0.05) is 12.1 Å². The summed E-state index contributed by atoms with van der Waals surface area (Å²) in [7, 11) is 0. The van der Waals surface area contributed by atoms with Crippen molar-refractivity contribution in [3.63, 3.8) is 0 Å². The van der Waals surface area contributed by atoms with E-state index >= 15 is 0 Å². The van der Waals surface area contributed by atoms with Gasteiger partial charge in [-0.2, -0.15) is 0 Å². The Morgan fingerprint density at radius 3 is 2.40 bits per heavy atom. The Bertz CT molecular complexity index is 775. The molecule has 1 aromatic carbocycles. The van der Waals surface area contributed by atoms with E-state index in [0.29, 0.717) is 18.4 Å². The number of nitro groups is 1. The maximum atomic E-state index is 12.4. The molecule has 1 heterocycles. The number of aryl methyl sites for hydroxylation is 1. The molecule has 8 nitrogen and oxygen atoms in total. The minimum atomic E-state index is -0.558. The molecule has 0 radical (unpaired) electrons. The van der Waals surface area contributed by atoms with Crippen LogP contribution in [0.15, 0.2) is 30.4 Å². The van der Waals surface area contributed by atoms with E-state index in [4.69, 9.17) is 0 Å². The monoisotopic (exact) mass is 343 g/mol. The van der Waals surface area contributed by atoms with Crippen LogP contribution in [-0.2, 0) is 14.4 Å². The number of rotatable bonds is 4. The number of hydrogen-bond acceptors (Lipinski definition) is 5. The molecule has 25 heavy (non-hydrogen) atoms. The molecule has 0 spiro atoms. The number of benzene rings is 1. The zero-order valence-corrected chi connectivity index (χ0v) is 13.6. The van der Waals surface area contributed by atoms with E-state index in [1.54, 1.807) is 6.92 Å². The van der Waals surface area contributed by atoms with Crippen molar-refractivity contribution in [2.75, 3.05) is 11.9 Å². The zero-order valence-electron chi connectivity index (χ0n) is 13.6. The van der Waals surface area contributed by atoms with Gasteiger partial charge in [-0.25, -0.2) is 0 Å². The third kappa shape index (κ3) is 3.15. The number of allylic oxidation sites excluding steroid dienone is 2. The molecule has 8 heteroatoms. The smallest absolute Gasteiger partial charge is 0.271 e. The van der Waals surface area contributed by atoms with Crippen molar-refractivity contribution in [3.8, 4) is 0 Å². The second-order valence-electron chi connectivity index (χ2n) is 6.22. The van der Waals surface area contributed by atoms with E-state index in [-0.39, 0.29) is 41.6 Å². The summed E-state index contributed by atoms with van der Waals surface area (Å²) in [6.45, 7) is 1.32. The maximum absolute atomic E-state index is 12.4. The maximum Gasteiger partial charge on any atom is 0.271 e. The third-order valence-electron chi connectivity index (χ3n) is 4.61. The Morgan fingerprint density at radius 2 is 1.84 bits per heavy atom. The first-order chi connectivity index (χ1) is 11.9. The van der Waals surface area contributed by atoms with Crippen molar-refractivity contribution < 1.29 is 19.3 Å². The molecule has 1 N–H and O–H groups in total. The van der Waals surface area contributed by atoms with Gasteiger partial charge in [0.15, 0.2) is 0 Å². The third-order valence-corrected chi connectivity index (χ3v) is 4.61. The average Bonchev–Trinajstić information content (AvgIpc) is 2.82. The predicted octanol–water partition coefficient (Wildman–Crippen LogP) is 1.79. The van der Waals surface area contributed by atoms with E-state index in [9.17, 15) is 24.5 Å². The second kappa shape index (κ2) is 6.46. The number of nitrogens with zero attached hydrogens (tertiary/aromatic N) is 2. The molecule has 2 aliphatic rings. The van der Waals surface area contributed by atoms with Crippen molar-refractivity contribution in [2.45, 2.75) is 19.8 Å². The highest BCUT2D eigenvalue weighted by Crippen LogP contribution is 2.34. The molecule has 1 aliphatic heterocycles. The lowest BCUT2D eigenvalue weighted by Gasteiger charge is -2.15. The van der Waals surface area contributed by atoms with Gasteiger partial charge in [-0.3, -0.25) is 29.4 Å². The molecule has 130 valence electrons. The van der Waals surface area contributed by atoms with Crippen molar-refractivity contribution in [1.82, 2.24) is 4.90 Å². The van der Waals surface area contributed by atoms with Gasteiger partial charge in [0.05, 0.1) is 22.4 Å². The summed E-state index contributed by atoms with van der Waals surface area (Å²) in [6.07, 6.45) is 4.78. The Kier molecular flexibility index (Phi) is 4.35. The summed E-state index contributed by atoms with van der Waals surface area (Å²) >= 11 is 0. The van der Waals surface area contributed by atoms with Gasteiger partial charge in [-0.05, 0) is 25.3 Å². The van der Waals surface area contributed by atoms with E-state index in [2.05, 4.69) is 5.32 Å². The van der Waals surface area contributed by atoms with Crippen molar-refractivity contribution in [2.24, 2.45) is 11.8 Å². The number of fused-ring (bicyclic) bond motifs is 1. The van der Waals surface area contributed by atoms with Gasteiger partial charge in [0.25, 0.3) is 5.69 Å². The van der Waals surface area contributed by atoms with Crippen LogP contribution in [0.1, 0.15) is 18.4 Å². The van der Waals surface area contributed by atoms with Gasteiger partial charge in [0.2, 0.25) is 17.7 Å². The molecule has 1 aliphatic carbocycles.